The van der Waals surface area contributed by atoms with E-state index in [-0.39, 0.29) is 11.8 Å². The molecule has 132 valence electrons. The summed E-state index contributed by atoms with van der Waals surface area (Å²) >= 11 is 0. The van der Waals surface area contributed by atoms with Crippen molar-refractivity contribution < 1.29 is 9.59 Å². The molecular formula is C20H25N3O2. The van der Waals surface area contributed by atoms with Gasteiger partial charge in [-0.05, 0) is 36.6 Å². The Morgan fingerprint density at radius 3 is 2.40 bits per heavy atom. The zero-order chi connectivity index (χ0) is 18.4. The van der Waals surface area contributed by atoms with Gasteiger partial charge in [0.15, 0.2) is 0 Å². The molecule has 0 heterocycles. The lowest BCUT2D eigenvalue weighted by molar-refractivity contribution is -0.126. The summed E-state index contributed by atoms with van der Waals surface area (Å²) in [7, 11) is 3.45. The van der Waals surface area contributed by atoms with Gasteiger partial charge >= 0.3 is 0 Å². The minimum atomic E-state index is -1.08. The first-order valence-electron chi connectivity index (χ1n) is 8.25. The van der Waals surface area contributed by atoms with Crippen molar-refractivity contribution in [1.82, 2.24) is 10.2 Å². The molecule has 5 nitrogen and oxygen atoms in total. The van der Waals surface area contributed by atoms with E-state index in [2.05, 4.69) is 5.32 Å². The Bertz CT molecular complexity index is 740. The van der Waals surface area contributed by atoms with Crippen LogP contribution in [0.25, 0.3) is 0 Å². The highest BCUT2D eigenvalue weighted by molar-refractivity contribution is 5.94. The molecule has 0 spiro atoms. The molecule has 0 bridgehead atoms. The summed E-state index contributed by atoms with van der Waals surface area (Å²) < 4.78 is 0. The number of hydrogen-bond donors (Lipinski definition) is 2. The number of hydrogen-bond acceptors (Lipinski definition) is 3. The molecule has 0 aliphatic rings. The van der Waals surface area contributed by atoms with Crippen molar-refractivity contribution in [2.45, 2.75) is 18.9 Å². The van der Waals surface area contributed by atoms with E-state index in [1.807, 2.05) is 48.5 Å². The average Bonchev–Trinajstić information content (AvgIpc) is 2.61. The summed E-state index contributed by atoms with van der Waals surface area (Å²) in [5, 5.41) is 2.88. The first kappa shape index (κ1) is 18.7. The second kappa shape index (κ2) is 7.94. The quantitative estimate of drug-likeness (QED) is 0.844. The van der Waals surface area contributed by atoms with Gasteiger partial charge in [-0.3, -0.25) is 9.59 Å². The van der Waals surface area contributed by atoms with Crippen molar-refractivity contribution in [2.75, 3.05) is 20.6 Å². The maximum Gasteiger partial charge on any atom is 0.253 e. The minimum absolute atomic E-state index is 0.0375. The molecule has 2 rings (SSSR count). The summed E-state index contributed by atoms with van der Waals surface area (Å²) in [6, 6.07) is 16.7. The van der Waals surface area contributed by atoms with Crippen molar-refractivity contribution in [2.24, 2.45) is 5.73 Å². The second-order valence-electron chi connectivity index (χ2n) is 6.47. The third-order valence-corrected chi connectivity index (χ3v) is 4.12. The molecule has 5 heteroatoms. The number of rotatable bonds is 6. The number of carbonyl (C=O) groups is 2. The summed E-state index contributed by atoms with van der Waals surface area (Å²) in [6.07, 6.45) is 0.630. The number of benzene rings is 2. The molecule has 0 aliphatic carbocycles. The van der Waals surface area contributed by atoms with Gasteiger partial charge in [-0.15, -0.1) is 0 Å². The maximum absolute atomic E-state index is 12.4. The molecule has 0 aliphatic heterocycles. The smallest absolute Gasteiger partial charge is 0.253 e. The van der Waals surface area contributed by atoms with Crippen LogP contribution in [0.15, 0.2) is 54.6 Å². The fourth-order valence-corrected chi connectivity index (χ4v) is 2.54. The number of nitrogens with two attached hydrogens (primary N) is 1. The molecule has 1 atom stereocenters. The number of nitrogens with one attached hydrogen (secondary N) is 1. The van der Waals surface area contributed by atoms with Crippen molar-refractivity contribution in [3.05, 3.63) is 71.3 Å². The Kier molecular flexibility index (Phi) is 5.93. The SMILES string of the molecule is CN(C)C(=O)c1cccc(CCNC(=O)C(C)(N)c2ccccc2)c1. The Hall–Kier alpha value is -2.66. The molecule has 25 heavy (non-hydrogen) atoms. The molecule has 3 N–H and O–H groups in total. The van der Waals surface area contributed by atoms with E-state index >= 15 is 0 Å². The summed E-state index contributed by atoms with van der Waals surface area (Å²) in [5.41, 5.74) is 7.52. The fraction of sp³-hybridized carbons (Fsp3) is 0.300. The monoisotopic (exact) mass is 339 g/mol. The number of amides is 2. The third kappa shape index (κ3) is 4.67. The van der Waals surface area contributed by atoms with Crippen LogP contribution >= 0.6 is 0 Å². The normalized spacial score (nSPS) is 13.0. The molecular weight excluding hydrogens is 314 g/mol. The van der Waals surface area contributed by atoms with Gasteiger partial charge in [-0.25, -0.2) is 0 Å². The van der Waals surface area contributed by atoms with Crippen molar-refractivity contribution >= 4 is 11.8 Å². The summed E-state index contributed by atoms with van der Waals surface area (Å²) in [4.78, 5) is 26.0. The van der Waals surface area contributed by atoms with E-state index in [1.54, 1.807) is 32.0 Å². The van der Waals surface area contributed by atoms with Gasteiger partial charge in [0.25, 0.3) is 5.91 Å². The third-order valence-electron chi connectivity index (χ3n) is 4.12. The second-order valence-corrected chi connectivity index (χ2v) is 6.47. The van der Waals surface area contributed by atoms with Crippen LogP contribution in [0.4, 0.5) is 0 Å². The molecule has 2 aromatic rings. The van der Waals surface area contributed by atoms with Crippen LogP contribution in [0.5, 0.6) is 0 Å². The highest BCUT2D eigenvalue weighted by atomic mass is 16.2. The van der Waals surface area contributed by atoms with Gasteiger partial charge in [0.05, 0.1) is 0 Å². The molecule has 2 amide bonds. The highest BCUT2D eigenvalue weighted by Crippen LogP contribution is 2.17. The zero-order valence-electron chi connectivity index (χ0n) is 15.0. The van der Waals surface area contributed by atoms with E-state index in [0.29, 0.717) is 18.5 Å². The summed E-state index contributed by atoms with van der Waals surface area (Å²) in [5.74, 6) is -0.260. The van der Waals surface area contributed by atoms with E-state index in [9.17, 15) is 9.59 Å². The maximum atomic E-state index is 12.4. The minimum Gasteiger partial charge on any atom is -0.354 e. The lowest BCUT2D eigenvalue weighted by Crippen LogP contribution is -2.49. The van der Waals surface area contributed by atoms with Crippen molar-refractivity contribution in [3.63, 3.8) is 0 Å². The van der Waals surface area contributed by atoms with Gasteiger partial charge in [-0.2, -0.15) is 0 Å². The molecule has 0 aromatic heterocycles. The molecule has 0 radical (unpaired) electrons. The Morgan fingerprint density at radius 2 is 1.76 bits per heavy atom. The molecule has 0 fully saturated rings. The first-order valence-corrected chi connectivity index (χ1v) is 8.25. The molecule has 0 saturated heterocycles. The van der Waals surface area contributed by atoms with Gasteiger partial charge in [0.1, 0.15) is 5.54 Å². The fourth-order valence-electron chi connectivity index (χ4n) is 2.54. The zero-order valence-corrected chi connectivity index (χ0v) is 15.0. The predicted molar refractivity (Wildman–Crippen MR) is 99.2 cm³/mol. The highest BCUT2D eigenvalue weighted by Gasteiger charge is 2.29. The number of carbonyl (C=O) groups excluding carboxylic acids is 2. The predicted octanol–water partition coefficient (Wildman–Crippen LogP) is 1.92. The van der Waals surface area contributed by atoms with Crippen molar-refractivity contribution in [1.29, 1.82) is 0 Å². The van der Waals surface area contributed by atoms with Gasteiger partial charge < -0.3 is 16.0 Å². The van der Waals surface area contributed by atoms with Gasteiger partial charge in [0.2, 0.25) is 5.91 Å². The van der Waals surface area contributed by atoms with Gasteiger partial charge in [0, 0.05) is 26.2 Å². The standard InChI is InChI=1S/C20H25N3O2/c1-20(21,17-10-5-4-6-11-17)19(25)22-13-12-15-8-7-9-16(14-15)18(24)23(2)3/h4-11,14H,12-13,21H2,1-3H3,(H,22,25). The van der Waals surface area contributed by atoms with E-state index in [0.717, 1.165) is 11.1 Å². The molecule has 0 saturated carbocycles. The van der Waals surface area contributed by atoms with E-state index in [4.69, 9.17) is 5.73 Å². The van der Waals surface area contributed by atoms with Crippen molar-refractivity contribution in [3.8, 4) is 0 Å². The Balaban J connectivity index is 1.95. The van der Waals surface area contributed by atoms with Crippen LogP contribution < -0.4 is 11.1 Å². The van der Waals surface area contributed by atoms with Crippen LogP contribution in [-0.4, -0.2) is 37.4 Å². The van der Waals surface area contributed by atoms with Gasteiger partial charge in [-0.1, -0.05) is 42.5 Å². The van der Waals surface area contributed by atoms with Crippen LogP contribution in [0.3, 0.4) is 0 Å². The Labute approximate surface area is 148 Å². The van der Waals surface area contributed by atoms with Crippen LogP contribution in [-0.2, 0) is 16.8 Å². The lowest BCUT2D eigenvalue weighted by Gasteiger charge is -2.24. The van der Waals surface area contributed by atoms with Crippen LogP contribution in [0.1, 0.15) is 28.4 Å². The molecule has 2 aromatic carbocycles. The number of nitrogens with zero attached hydrogens (tertiary/aromatic N) is 1. The Morgan fingerprint density at radius 1 is 1.08 bits per heavy atom. The van der Waals surface area contributed by atoms with E-state index in [1.165, 1.54) is 0 Å². The average molecular weight is 339 g/mol. The summed E-state index contributed by atoms with van der Waals surface area (Å²) in [6.45, 7) is 2.16. The van der Waals surface area contributed by atoms with Crippen LogP contribution in [0, 0.1) is 0 Å². The largest absolute Gasteiger partial charge is 0.354 e. The van der Waals surface area contributed by atoms with Crippen LogP contribution in [0.2, 0.25) is 0 Å². The topological polar surface area (TPSA) is 75.4 Å². The molecule has 1 unspecified atom stereocenters. The first-order chi connectivity index (χ1) is 11.8. The lowest BCUT2D eigenvalue weighted by atomic mass is 9.92. The van der Waals surface area contributed by atoms with E-state index < -0.39 is 5.54 Å².